The smallest absolute Gasteiger partial charge is 0.308 e. The van der Waals surface area contributed by atoms with Gasteiger partial charge in [-0.05, 0) is 38.0 Å². The predicted octanol–water partition coefficient (Wildman–Crippen LogP) is 2.81. The molecule has 0 spiro atoms. The Morgan fingerprint density at radius 3 is 2.94 bits per heavy atom. The average molecular weight is 254 g/mol. The molecule has 0 aliphatic carbocycles. The molecule has 2 atom stereocenters. The van der Waals surface area contributed by atoms with Crippen LogP contribution in [0.2, 0.25) is 5.02 Å². The summed E-state index contributed by atoms with van der Waals surface area (Å²) in [5.41, 5.74) is 2.16. The van der Waals surface area contributed by atoms with Crippen LogP contribution in [0.4, 0.5) is 5.69 Å². The number of carboxylic acids is 1. The van der Waals surface area contributed by atoms with Crippen LogP contribution in [-0.4, -0.2) is 23.7 Å². The molecular weight excluding hydrogens is 238 g/mol. The molecule has 1 aliphatic heterocycles. The van der Waals surface area contributed by atoms with Gasteiger partial charge in [0.25, 0.3) is 0 Å². The monoisotopic (exact) mass is 253 g/mol. The highest BCUT2D eigenvalue weighted by molar-refractivity contribution is 6.31. The third kappa shape index (κ3) is 2.00. The molecule has 1 N–H and O–H groups in total. The molecule has 0 radical (unpaired) electrons. The Morgan fingerprint density at radius 2 is 2.35 bits per heavy atom. The summed E-state index contributed by atoms with van der Waals surface area (Å²) in [7, 11) is 0. The van der Waals surface area contributed by atoms with Crippen molar-refractivity contribution >= 4 is 23.3 Å². The van der Waals surface area contributed by atoms with Crippen molar-refractivity contribution in [2.75, 3.05) is 11.4 Å². The number of anilines is 1. The van der Waals surface area contributed by atoms with Crippen LogP contribution in [0.3, 0.4) is 0 Å². The fraction of sp³-hybridized carbons (Fsp3) is 0.462. The third-order valence-electron chi connectivity index (χ3n) is 3.52. The van der Waals surface area contributed by atoms with E-state index in [1.165, 1.54) is 0 Å². The third-order valence-corrected chi connectivity index (χ3v) is 3.88. The van der Waals surface area contributed by atoms with Crippen molar-refractivity contribution in [2.45, 2.75) is 26.3 Å². The Morgan fingerprint density at radius 1 is 1.65 bits per heavy atom. The number of benzene rings is 1. The van der Waals surface area contributed by atoms with Gasteiger partial charge in [0.2, 0.25) is 0 Å². The lowest BCUT2D eigenvalue weighted by Gasteiger charge is -2.28. The molecule has 0 fully saturated rings. The zero-order chi connectivity index (χ0) is 12.6. The minimum absolute atomic E-state index is 0.00685. The first-order chi connectivity index (χ1) is 8.06. The summed E-state index contributed by atoms with van der Waals surface area (Å²) < 4.78 is 0. The second kappa shape index (κ2) is 4.57. The van der Waals surface area contributed by atoms with Crippen LogP contribution in [-0.2, 0) is 11.2 Å². The van der Waals surface area contributed by atoms with Crippen LogP contribution in [0, 0.1) is 5.92 Å². The van der Waals surface area contributed by atoms with Gasteiger partial charge >= 0.3 is 5.97 Å². The van der Waals surface area contributed by atoms with Gasteiger partial charge < -0.3 is 10.0 Å². The number of hydrogen-bond donors (Lipinski definition) is 1. The first kappa shape index (κ1) is 12.2. The van der Waals surface area contributed by atoms with Crippen LogP contribution in [0.15, 0.2) is 18.2 Å². The van der Waals surface area contributed by atoms with E-state index in [1.807, 2.05) is 25.1 Å². The minimum Gasteiger partial charge on any atom is -0.481 e. The van der Waals surface area contributed by atoms with Crippen molar-refractivity contribution in [1.82, 2.24) is 0 Å². The molecule has 1 aromatic rings. The maximum Gasteiger partial charge on any atom is 0.308 e. The second-order valence-corrected chi connectivity index (χ2v) is 4.83. The molecular formula is C13H16ClNO2. The van der Waals surface area contributed by atoms with Crippen LogP contribution in [0.5, 0.6) is 0 Å². The van der Waals surface area contributed by atoms with Gasteiger partial charge in [0, 0.05) is 23.3 Å². The maximum absolute atomic E-state index is 11.1. The molecule has 92 valence electrons. The molecule has 2 unspecified atom stereocenters. The van der Waals surface area contributed by atoms with E-state index < -0.39 is 11.9 Å². The molecule has 17 heavy (non-hydrogen) atoms. The molecule has 1 aliphatic rings. The fourth-order valence-corrected chi connectivity index (χ4v) is 2.78. The number of nitrogens with zero attached hydrogens (tertiary/aromatic N) is 1. The highest BCUT2D eigenvalue weighted by Gasteiger charge is 2.36. The van der Waals surface area contributed by atoms with Gasteiger partial charge in [-0.1, -0.05) is 17.7 Å². The number of fused-ring (bicyclic) bond motifs is 1. The summed E-state index contributed by atoms with van der Waals surface area (Å²) in [6.45, 7) is 4.60. The molecule has 1 aromatic carbocycles. The average Bonchev–Trinajstić information content (AvgIpc) is 2.67. The van der Waals surface area contributed by atoms with Gasteiger partial charge in [0.15, 0.2) is 0 Å². The van der Waals surface area contributed by atoms with Gasteiger partial charge in [-0.2, -0.15) is 0 Å². The Kier molecular flexibility index (Phi) is 3.29. The second-order valence-electron chi connectivity index (χ2n) is 4.42. The summed E-state index contributed by atoms with van der Waals surface area (Å²) in [5, 5.41) is 9.88. The SMILES string of the molecule is CCN1c2cccc(Cl)c2CC1C(C)C(=O)O. The number of halogens is 1. The molecule has 0 aromatic heterocycles. The zero-order valence-electron chi connectivity index (χ0n) is 9.98. The highest BCUT2D eigenvalue weighted by Crippen LogP contribution is 2.38. The Hall–Kier alpha value is -1.22. The van der Waals surface area contributed by atoms with Crippen LogP contribution >= 0.6 is 11.6 Å². The van der Waals surface area contributed by atoms with E-state index in [2.05, 4.69) is 4.90 Å². The lowest BCUT2D eigenvalue weighted by molar-refractivity contribution is -0.141. The van der Waals surface area contributed by atoms with Gasteiger partial charge in [0.05, 0.1) is 5.92 Å². The first-order valence-corrected chi connectivity index (χ1v) is 6.20. The predicted molar refractivity (Wildman–Crippen MR) is 68.8 cm³/mol. The fourth-order valence-electron chi connectivity index (χ4n) is 2.53. The Labute approximate surface area is 106 Å². The van der Waals surface area contributed by atoms with E-state index in [4.69, 9.17) is 16.7 Å². The lowest BCUT2D eigenvalue weighted by Crippen LogP contribution is -2.40. The number of carbonyl (C=O) groups is 1. The molecule has 1 heterocycles. The number of carboxylic acid groups (broad SMARTS) is 1. The molecule has 2 rings (SSSR count). The highest BCUT2D eigenvalue weighted by atomic mass is 35.5. The standard InChI is InChI=1S/C13H16ClNO2/c1-3-15-11-6-4-5-10(14)9(11)7-12(15)8(2)13(16)17/h4-6,8,12H,3,7H2,1-2H3,(H,16,17). The van der Waals surface area contributed by atoms with Crippen molar-refractivity contribution in [1.29, 1.82) is 0 Å². The number of rotatable bonds is 3. The van der Waals surface area contributed by atoms with E-state index >= 15 is 0 Å². The minimum atomic E-state index is -0.752. The molecule has 0 bridgehead atoms. The normalized spacial score (nSPS) is 20.2. The van der Waals surface area contributed by atoms with Crippen molar-refractivity contribution in [3.63, 3.8) is 0 Å². The van der Waals surface area contributed by atoms with Crippen LogP contribution in [0.25, 0.3) is 0 Å². The number of likely N-dealkylation sites (N-methyl/N-ethyl adjacent to an activating group) is 1. The van der Waals surface area contributed by atoms with Gasteiger partial charge in [0.1, 0.15) is 0 Å². The Bertz CT molecular complexity index is 447. The topological polar surface area (TPSA) is 40.5 Å². The summed E-state index contributed by atoms with van der Waals surface area (Å²) in [6.07, 6.45) is 0.719. The molecule has 0 saturated heterocycles. The van der Waals surface area contributed by atoms with Gasteiger partial charge in [-0.15, -0.1) is 0 Å². The van der Waals surface area contributed by atoms with Crippen molar-refractivity contribution < 1.29 is 9.90 Å². The zero-order valence-corrected chi connectivity index (χ0v) is 10.7. The summed E-state index contributed by atoms with van der Waals surface area (Å²) in [6, 6.07) is 5.80. The van der Waals surface area contributed by atoms with E-state index in [1.54, 1.807) is 6.92 Å². The summed E-state index contributed by atoms with van der Waals surface area (Å²) >= 11 is 6.17. The lowest BCUT2D eigenvalue weighted by atomic mass is 9.98. The molecule has 0 amide bonds. The van der Waals surface area contributed by atoms with Crippen molar-refractivity contribution in [3.05, 3.63) is 28.8 Å². The summed E-state index contributed by atoms with van der Waals surface area (Å²) in [4.78, 5) is 13.3. The number of hydrogen-bond acceptors (Lipinski definition) is 2. The quantitative estimate of drug-likeness (QED) is 0.901. The van der Waals surface area contributed by atoms with Crippen molar-refractivity contribution in [3.8, 4) is 0 Å². The molecule has 4 heteroatoms. The van der Waals surface area contributed by atoms with E-state index in [9.17, 15) is 4.79 Å². The first-order valence-electron chi connectivity index (χ1n) is 5.83. The van der Waals surface area contributed by atoms with Gasteiger partial charge in [-0.3, -0.25) is 4.79 Å². The van der Waals surface area contributed by atoms with Crippen LogP contribution < -0.4 is 4.90 Å². The van der Waals surface area contributed by atoms with E-state index in [0.29, 0.717) is 0 Å². The van der Waals surface area contributed by atoms with E-state index in [0.717, 1.165) is 29.2 Å². The van der Waals surface area contributed by atoms with Crippen LogP contribution in [0.1, 0.15) is 19.4 Å². The van der Waals surface area contributed by atoms with Gasteiger partial charge in [-0.25, -0.2) is 0 Å². The van der Waals surface area contributed by atoms with Crippen molar-refractivity contribution in [2.24, 2.45) is 5.92 Å². The molecule has 0 saturated carbocycles. The maximum atomic E-state index is 11.1. The molecule has 3 nitrogen and oxygen atoms in total. The Balaban J connectivity index is 2.38. The van der Waals surface area contributed by atoms with E-state index in [-0.39, 0.29) is 6.04 Å². The summed E-state index contributed by atoms with van der Waals surface area (Å²) in [5.74, 6) is -1.14. The largest absolute Gasteiger partial charge is 0.481 e. The number of aliphatic carboxylic acids is 1.